The topological polar surface area (TPSA) is 64.9 Å². The molecule has 1 aliphatic carbocycles. The van der Waals surface area contributed by atoms with Crippen LogP contribution >= 0.6 is 0 Å². The average molecular weight is 251 g/mol. The fourth-order valence-electron chi connectivity index (χ4n) is 2.22. The molecule has 1 saturated carbocycles. The van der Waals surface area contributed by atoms with Gasteiger partial charge in [0.15, 0.2) is 5.82 Å². The minimum atomic E-state index is -0.349. The summed E-state index contributed by atoms with van der Waals surface area (Å²) in [5, 5.41) is 6.35. The summed E-state index contributed by atoms with van der Waals surface area (Å²) >= 11 is 0. The van der Waals surface area contributed by atoms with E-state index in [1.165, 1.54) is 5.39 Å². The van der Waals surface area contributed by atoms with Crippen molar-refractivity contribution >= 4 is 10.8 Å². The monoisotopic (exact) mass is 251 g/mol. The summed E-state index contributed by atoms with van der Waals surface area (Å²) < 4.78 is 5.33. The number of rotatable bonds is 2. The van der Waals surface area contributed by atoms with Gasteiger partial charge in [-0.1, -0.05) is 35.5 Å². The highest BCUT2D eigenvalue weighted by Crippen LogP contribution is 2.41. The van der Waals surface area contributed by atoms with Crippen molar-refractivity contribution in [3.8, 4) is 11.5 Å². The Balaban J connectivity index is 1.79. The van der Waals surface area contributed by atoms with Crippen LogP contribution in [-0.4, -0.2) is 10.1 Å². The smallest absolute Gasteiger partial charge is 0.258 e. The highest BCUT2D eigenvalue weighted by molar-refractivity contribution is 5.86. The fourth-order valence-corrected chi connectivity index (χ4v) is 2.22. The molecule has 0 saturated heterocycles. The van der Waals surface area contributed by atoms with Crippen molar-refractivity contribution in [3.05, 3.63) is 48.3 Å². The zero-order chi connectivity index (χ0) is 12.9. The third-order valence-electron chi connectivity index (χ3n) is 3.66. The van der Waals surface area contributed by atoms with E-state index in [-0.39, 0.29) is 5.54 Å². The molecule has 0 aliphatic heterocycles. The zero-order valence-electron chi connectivity index (χ0n) is 10.3. The van der Waals surface area contributed by atoms with Crippen LogP contribution in [0.25, 0.3) is 22.2 Å². The quantitative estimate of drug-likeness (QED) is 0.760. The van der Waals surface area contributed by atoms with E-state index in [0.29, 0.717) is 11.7 Å². The van der Waals surface area contributed by atoms with Gasteiger partial charge < -0.3 is 10.3 Å². The summed E-state index contributed by atoms with van der Waals surface area (Å²) in [4.78, 5) is 4.42. The van der Waals surface area contributed by atoms with Gasteiger partial charge in [-0.25, -0.2) is 0 Å². The van der Waals surface area contributed by atoms with E-state index < -0.39 is 0 Å². The molecule has 1 aliphatic rings. The molecule has 0 unspecified atom stereocenters. The van der Waals surface area contributed by atoms with Gasteiger partial charge in [-0.2, -0.15) is 4.98 Å². The first-order valence-corrected chi connectivity index (χ1v) is 6.37. The minimum Gasteiger partial charge on any atom is -0.334 e. The van der Waals surface area contributed by atoms with E-state index in [2.05, 4.69) is 34.4 Å². The Hall–Kier alpha value is -2.20. The van der Waals surface area contributed by atoms with Crippen LogP contribution in [-0.2, 0) is 5.54 Å². The van der Waals surface area contributed by atoms with E-state index in [0.717, 1.165) is 23.8 Å². The molecule has 1 heterocycles. The number of nitrogens with two attached hydrogens (primary N) is 1. The third-order valence-corrected chi connectivity index (χ3v) is 3.66. The molecule has 0 amide bonds. The van der Waals surface area contributed by atoms with Gasteiger partial charge >= 0.3 is 0 Å². The first kappa shape index (κ1) is 10.7. The maximum atomic E-state index is 6.06. The highest BCUT2D eigenvalue weighted by Gasteiger charge is 2.44. The van der Waals surface area contributed by atoms with Gasteiger partial charge in [0.25, 0.3) is 5.89 Å². The molecule has 0 spiro atoms. The molecule has 19 heavy (non-hydrogen) atoms. The molecule has 0 atom stereocenters. The van der Waals surface area contributed by atoms with E-state index in [1.807, 2.05) is 18.2 Å². The summed E-state index contributed by atoms with van der Waals surface area (Å²) in [5.41, 5.74) is 6.65. The maximum Gasteiger partial charge on any atom is 0.258 e. The van der Waals surface area contributed by atoms with Crippen molar-refractivity contribution in [2.75, 3.05) is 0 Å². The van der Waals surface area contributed by atoms with Gasteiger partial charge in [0.05, 0.1) is 5.54 Å². The Labute approximate surface area is 110 Å². The van der Waals surface area contributed by atoms with Gasteiger partial charge in [-0.15, -0.1) is 0 Å². The summed E-state index contributed by atoms with van der Waals surface area (Å²) in [6, 6.07) is 14.3. The molecular weight excluding hydrogens is 238 g/mol. The van der Waals surface area contributed by atoms with Crippen molar-refractivity contribution in [1.29, 1.82) is 0 Å². The summed E-state index contributed by atoms with van der Waals surface area (Å²) in [5.74, 6) is 1.16. The Morgan fingerprint density at radius 1 is 1.05 bits per heavy atom. The molecule has 3 aromatic rings. The highest BCUT2D eigenvalue weighted by atomic mass is 16.5. The largest absolute Gasteiger partial charge is 0.334 e. The normalized spacial score (nSPS) is 16.7. The molecule has 94 valence electrons. The lowest BCUT2D eigenvalue weighted by atomic mass is 10.1. The third kappa shape index (κ3) is 1.72. The molecule has 2 N–H and O–H groups in total. The van der Waals surface area contributed by atoms with Crippen LogP contribution in [0.1, 0.15) is 18.7 Å². The molecule has 1 aromatic heterocycles. The first-order chi connectivity index (χ1) is 9.24. The van der Waals surface area contributed by atoms with Crippen LogP contribution < -0.4 is 5.73 Å². The summed E-state index contributed by atoms with van der Waals surface area (Å²) in [7, 11) is 0. The number of benzene rings is 2. The van der Waals surface area contributed by atoms with Crippen molar-refractivity contribution in [1.82, 2.24) is 10.1 Å². The van der Waals surface area contributed by atoms with E-state index in [1.54, 1.807) is 0 Å². The number of hydrogen-bond acceptors (Lipinski definition) is 4. The van der Waals surface area contributed by atoms with Crippen LogP contribution in [0, 0.1) is 0 Å². The van der Waals surface area contributed by atoms with Crippen molar-refractivity contribution in [2.24, 2.45) is 5.73 Å². The summed E-state index contributed by atoms with van der Waals surface area (Å²) in [6.07, 6.45) is 1.87. The van der Waals surface area contributed by atoms with Gasteiger partial charge in [0.2, 0.25) is 0 Å². The maximum absolute atomic E-state index is 6.06. The lowest BCUT2D eigenvalue weighted by molar-refractivity contribution is 0.414. The number of nitrogens with zero attached hydrogens (tertiary/aromatic N) is 2. The number of hydrogen-bond donors (Lipinski definition) is 1. The first-order valence-electron chi connectivity index (χ1n) is 6.37. The predicted octanol–water partition coefficient (Wildman–Crippen LogP) is 2.84. The molecular formula is C15H13N3O. The second-order valence-corrected chi connectivity index (χ2v) is 5.14. The Bertz CT molecular complexity index is 759. The van der Waals surface area contributed by atoms with Crippen LogP contribution in [0.15, 0.2) is 47.0 Å². The molecule has 4 heteroatoms. The van der Waals surface area contributed by atoms with Crippen molar-refractivity contribution < 1.29 is 4.52 Å². The second-order valence-electron chi connectivity index (χ2n) is 5.14. The molecule has 0 bridgehead atoms. The van der Waals surface area contributed by atoms with Crippen LogP contribution in [0.3, 0.4) is 0 Å². The fraction of sp³-hybridized carbons (Fsp3) is 0.200. The second kappa shape index (κ2) is 3.65. The van der Waals surface area contributed by atoms with E-state index in [9.17, 15) is 0 Å². The lowest BCUT2D eigenvalue weighted by Gasteiger charge is -2.00. The predicted molar refractivity (Wildman–Crippen MR) is 72.3 cm³/mol. The van der Waals surface area contributed by atoms with Crippen LogP contribution in [0.2, 0.25) is 0 Å². The Morgan fingerprint density at radius 2 is 1.84 bits per heavy atom. The van der Waals surface area contributed by atoms with Gasteiger partial charge in [-0.3, -0.25) is 0 Å². The van der Waals surface area contributed by atoms with E-state index >= 15 is 0 Å². The lowest BCUT2D eigenvalue weighted by Crippen LogP contribution is -2.20. The zero-order valence-corrected chi connectivity index (χ0v) is 10.3. The molecule has 1 fully saturated rings. The van der Waals surface area contributed by atoms with Crippen LogP contribution in [0.4, 0.5) is 0 Å². The molecule has 4 rings (SSSR count). The summed E-state index contributed by atoms with van der Waals surface area (Å²) in [6.45, 7) is 0. The van der Waals surface area contributed by atoms with Gasteiger partial charge in [-0.05, 0) is 35.7 Å². The van der Waals surface area contributed by atoms with Gasteiger partial charge in [0, 0.05) is 5.56 Å². The average Bonchev–Trinajstić information content (AvgIpc) is 3.02. The van der Waals surface area contributed by atoms with Crippen molar-refractivity contribution in [3.63, 3.8) is 0 Å². The van der Waals surface area contributed by atoms with Crippen molar-refractivity contribution in [2.45, 2.75) is 18.4 Å². The van der Waals surface area contributed by atoms with Crippen LogP contribution in [0.5, 0.6) is 0 Å². The molecule has 0 radical (unpaired) electrons. The molecule has 2 aromatic carbocycles. The number of fused-ring (bicyclic) bond motifs is 1. The minimum absolute atomic E-state index is 0.349. The SMILES string of the molecule is NC1(c2noc(-c3ccc4ccccc4c3)n2)CC1. The standard InChI is InChI=1S/C15H13N3O/c16-15(7-8-15)14-17-13(19-18-14)12-6-5-10-3-1-2-4-11(10)9-12/h1-6,9H,7-8,16H2. The Morgan fingerprint density at radius 3 is 2.63 bits per heavy atom. The molecule has 4 nitrogen and oxygen atoms in total. The number of aromatic nitrogens is 2. The Kier molecular flexibility index (Phi) is 2.05. The van der Waals surface area contributed by atoms with Gasteiger partial charge in [0.1, 0.15) is 0 Å². The van der Waals surface area contributed by atoms with E-state index in [4.69, 9.17) is 10.3 Å².